The first-order valence-corrected chi connectivity index (χ1v) is 1.93. The molecule has 0 N–H and O–H groups in total. The maximum Gasteiger partial charge on any atom is 0.113 e. The van der Waals surface area contributed by atoms with Crippen molar-refractivity contribution in [3.8, 4) is 0 Å². The highest BCUT2D eigenvalue weighted by Gasteiger charge is 2.08. The molecule has 1 aliphatic heterocycles. The van der Waals surface area contributed by atoms with Crippen molar-refractivity contribution >= 4 is 7.85 Å². The highest BCUT2D eigenvalue weighted by molar-refractivity contribution is 6.11. The summed E-state index contributed by atoms with van der Waals surface area (Å²) in [6.45, 7) is 0.640. The van der Waals surface area contributed by atoms with Crippen molar-refractivity contribution in [3.63, 3.8) is 0 Å². The second kappa shape index (κ2) is 1.62. The Morgan fingerprint density at radius 1 is 1.67 bits per heavy atom. The quantitative estimate of drug-likeness (QED) is 0.299. The molecule has 32 valence electrons. The second-order valence-electron chi connectivity index (χ2n) is 1.25. The molecule has 2 radical (unpaired) electrons. The molecule has 1 fully saturated rings. The van der Waals surface area contributed by atoms with Gasteiger partial charge in [0.1, 0.15) is 7.85 Å². The molecule has 1 aliphatic rings. The van der Waals surface area contributed by atoms with Gasteiger partial charge in [-0.25, -0.2) is 9.78 Å². The van der Waals surface area contributed by atoms with Gasteiger partial charge in [-0.3, -0.25) is 0 Å². The van der Waals surface area contributed by atoms with E-state index in [0.717, 1.165) is 6.42 Å². The van der Waals surface area contributed by atoms with E-state index in [9.17, 15) is 0 Å². The Kier molecular flexibility index (Phi) is 1.12. The van der Waals surface area contributed by atoms with Crippen LogP contribution in [0.1, 0.15) is 6.42 Å². The Balaban J connectivity index is 2.18. The van der Waals surface area contributed by atoms with Crippen molar-refractivity contribution < 1.29 is 9.78 Å². The minimum atomic E-state index is -0.176. The van der Waals surface area contributed by atoms with Gasteiger partial charge >= 0.3 is 0 Å². The van der Waals surface area contributed by atoms with Gasteiger partial charge in [-0.1, -0.05) is 0 Å². The molecule has 1 heterocycles. The van der Waals surface area contributed by atoms with Crippen LogP contribution < -0.4 is 0 Å². The lowest BCUT2D eigenvalue weighted by atomic mass is 9.98. The topological polar surface area (TPSA) is 18.5 Å². The zero-order valence-corrected chi connectivity index (χ0v) is 3.39. The first kappa shape index (κ1) is 4.15. The first-order chi connectivity index (χ1) is 2.89. The molecule has 1 rings (SSSR count). The maximum absolute atomic E-state index is 5.19. The smallest absolute Gasteiger partial charge is 0.113 e. The molecule has 1 atom stereocenters. The molecule has 0 bridgehead atoms. The molecule has 0 amide bonds. The minimum absolute atomic E-state index is 0.176. The van der Waals surface area contributed by atoms with E-state index in [1.165, 1.54) is 0 Å². The van der Waals surface area contributed by atoms with E-state index in [-0.39, 0.29) is 6.00 Å². The normalized spacial score (nSPS) is 34.3. The molecule has 0 aliphatic carbocycles. The molecular formula is C3H5BO2. The predicted octanol–water partition coefficient (Wildman–Crippen LogP) is -0.167. The van der Waals surface area contributed by atoms with E-state index in [1.807, 2.05) is 0 Å². The lowest BCUT2D eigenvalue weighted by Crippen LogP contribution is -2.00. The van der Waals surface area contributed by atoms with Gasteiger partial charge in [0.25, 0.3) is 0 Å². The van der Waals surface area contributed by atoms with Crippen molar-refractivity contribution in [2.75, 3.05) is 6.61 Å². The predicted molar refractivity (Wildman–Crippen MR) is 21.2 cm³/mol. The van der Waals surface area contributed by atoms with E-state index in [2.05, 4.69) is 9.78 Å². The van der Waals surface area contributed by atoms with Crippen molar-refractivity contribution in [3.05, 3.63) is 0 Å². The molecule has 2 nitrogen and oxygen atoms in total. The SMILES string of the molecule is [B]C1CCOO1. The maximum atomic E-state index is 5.19. The van der Waals surface area contributed by atoms with Crippen LogP contribution >= 0.6 is 0 Å². The van der Waals surface area contributed by atoms with Crippen LogP contribution in [0, 0.1) is 0 Å². The molecule has 1 saturated heterocycles. The van der Waals surface area contributed by atoms with Crippen LogP contribution in [-0.2, 0) is 9.78 Å². The van der Waals surface area contributed by atoms with Crippen LogP contribution in [0.5, 0.6) is 0 Å². The fourth-order valence-electron chi connectivity index (χ4n) is 0.348. The molecule has 0 aromatic rings. The summed E-state index contributed by atoms with van der Waals surface area (Å²) in [7, 11) is 5.19. The average Bonchev–Trinajstić information content (AvgIpc) is 1.86. The van der Waals surface area contributed by atoms with Crippen molar-refractivity contribution in [2.45, 2.75) is 12.4 Å². The van der Waals surface area contributed by atoms with Crippen LogP contribution in [0.15, 0.2) is 0 Å². The summed E-state index contributed by atoms with van der Waals surface area (Å²) >= 11 is 0. The van der Waals surface area contributed by atoms with Gasteiger partial charge in [-0.2, -0.15) is 0 Å². The zero-order chi connectivity index (χ0) is 4.41. The molecule has 3 heteroatoms. The van der Waals surface area contributed by atoms with Gasteiger partial charge in [0.05, 0.1) is 12.6 Å². The first-order valence-electron chi connectivity index (χ1n) is 1.93. The monoisotopic (exact) mass is 84.0 g/mol. The Morgan fingerprint density at radius 3 is 2.67 bits per heavy atom. The second-order valence-corrected chi connectivity index (χ2v) is 1.25. The summed E-state index contributed by atoms with van der Waals surface area (Å²) in [4.78, 5) is 8.86. The van der Waals surface area contributed by atoms with Crippen molar-refractivity contribution in [1.29, 1.82) is 0 Å². The van der Waals surface area contributed by atoms with E-state index < -0.39 is 0 Å². The third-order valence-corrected chi connectivity index (χ3v) is 0.677. The Hall–Kier alpha value is -0.0151. The fourth-order valence-corrected chi connectivity index (χ4v) is 0.348. The van der Waals surface area contributed by atoms with Gasteiger partial charge in [0.2, 0.25) is 0 Å². The summed E-state index contributed by atoms with van der Waals surface area (Å²) in [6.07, 6.45) is 0.819. The molecule has 0 saturated carbocycles. The minimum Gasteiger partial charge on any atom is -0.243 e. The van der Waals surface area contributed by atoms with E-state index in [4.69, 9.17) is 7.85 Å². The van der Waals surface area contributed by atoms with E-state index >= 15 is 0 Å². The molecule has 0 spiro atoms. The van der Waals surface area contributed by atoms with Crippen LogP contribution in [0.2, 0.25) is 0 Å². The Labute approximate surface area is 37.8 Å². The highest BCUT2D eigenvalue weighted by atomic mass is 17.2. The van der Waals surface area contributed by atoms with Crippen LogP contribution in [0.3, 0.4) is 0 Å². The third-order valence-electron chi connectivity index (χ3n) is 0.677. The molecule has 6 heavy (non-hydrogen) atoms. The number of hydrogen-bond acceptors (Lipinski definition) is 2. The highest BCUT2D eigenvalue weighted by Crippen LogP contribution is 2.02. The standard InChI is InChI=1S/C3H5BO2/c4-3-1-2-5-6-3/h3H,1-2H2. The van der Waals surface area contributed by atoms with Gasteiger partial charge in [-0.15, -0.1) is 0 Å². The van der Waals surface area contributed by atoms with E-state index in [0.29, 0.717) is 6.61 Å². The van der Waals surface area contributed by atoms with Gasteiger partial charge in [0, 0.05) is 0 Å². The summed E-state index contributed by atoms with van der Waals surface area (Å²) < 4.78 is 0. The summed E-state index contributed by atoms with van der Waals surface area (Å²) in [6, 6.07) is -0.176. The van der Waals surface area contributed by atoms with Crippen molar-refractivity contribution in [1.82, 2.24) is 0 Å². The molecule has 0 aromatic carbocycles. The zero-order valence-electron chi connectivity index (χ0n) is 3.39. The van der Waals surface area contributed by atoms with Crippen LogP contribution in [0.4, 0.5) is 0 Å². The fraction of sp³-hybridized carbons (Fsp3) is 1.00. The lowest BCUT2D eigenvalue weighted by molar-refractivity contribution is -0.258. The van der Waals surface area contributed by atoms with Crippen molar-refractivity contribution in [2.24, 2.45) is 0 Å². The van der Waals surface area contributed by atoms with Gasteiger partial charge < -0.3 is 0 Å². The van der Waals surface area contributed by atoms with Crippen LogP contribution in [-0.4, -0.2) is 20.5 Å². The third kappa shape index (κ3) is 0.728. The van der Waals surface area contributed by atoms with Gasteiger partial charge in [-0.05, 0) is 6.42 Å². The molecular weight excluding hydrogens is 78.8 g/mol. The summed E-state index contributed by atoms with van der Waals surface area (Å²) in [5.74, 6) is 0. The van der Waals surface area contributed by atoms with Gasteiger partial charge in [0.15, 0.2) is 0 Å². The average molecular weight is 83.9 g/mol. The van der Waals surface area contributed by atoms with E-state index in [1.54, 1.807) is 0 Å². The lowest BCUT2D eigenvalue weighted by Gasteiger charge is -1.91. The summed E-state index contributed by atoms with van der Waals surface area (Å²) in [5.41, 5.74) is 0. The van der Waals surface area contributed by atoms with Crippen LogP contribution in [0.25, 0.3) is 0 Å². The summed E-state index contributed by atoms with van der Waals surface area (Å²) in [5, 5.41) is 0. The molecule has 1 unspecified atom stereocenters. The number of hydrogen-bond donors (Lipinski definition) is 0. The number of rotatable bonds is 0. The Bertz CT molecular complexity index is 42.1. The largest absolute Gasteiger partial charge is 0.243 e. The molecule has 0 aromatic heterocycles. The Morgan fingerprint density at radius 2 is 2.50 bits per heavy atom.